The summed E-state index contributed by atoms with van der Waals surface area (Å²) >= 11 is 1.54. The van der Waals surface area contributed by atoms with Gasteiger partial charge in [-0.05, 0) is 43.2 Å². The summed E-state index contributed by atoms with van der Waals surface area (Å²) < 4.78 is 2.27. The number of hydrogen-bond acceptors (Lipinski definition) is 3. The first-order chi connectivity index (χ1) is 10.8. The van der Waals surface area contributed by atoms with Crippen molar-refractivity contribution in [2.45, 2.75) is 57.0 Å². The number of amides is 1. The van der Waals surface area contributed by atoms with Crippen molar-refractivity contribution in [3.8, 4) is 0 Å². The molecule has 5 heteroatoms. The Morgan fingerprint density at radius 1 is 1.32 bits per heavy atom. The molecule has 2 aliphatic rings. The van der Waals surface area contributed by atoms with Crippen LogP contribution in [0.2, 0.25) is 0 Å². The summed E-state index contributed by atoms with van der Waals surface area (Å²) in [6.07, 6.45) is 7.72. The molecule has 0 aromatic carbocycles. The molecule has 2 heterocycles. The van der Waals surface area contributed by atoms with Gasteiger partial charge in [0.05, 0.1) is 18.3 Å². The largest absolute Gasteiger partial charge is 0.346 e. The van der Waals surface area contributed by atoms with E-state index in [0.717, 1.165) is 11.3 Å². The first-order valence-electron chi connectivity index (χ1n) is 8.20. The lowest BCUT2D eigenvalue weighted by Crippen LogP contribution is -2.22. The van der Waals surface area contributed by atoms with Gasteiger partial charge in [0.15, 0.2) is 0 Å². The van der Waals surface area contributed by atoms with Gasteiger partial charge in [0.25, 0.3) is 5.91 Å². The summed E-state index contributed by atoms with van der Waals surface area (Å²) in [6, 6.07) is 4.65. The van der Waals surface area contributed by atoms with Gasteiger partial charge in [-0.15, -0.1) is 0 Å². The molecule has 0 bridgehead atoms. The molecule has 0 unspecified atom stereocenters. The second kappa shape index (κ2) is 5.88. The Hall–Kier alpha value is -1.62. The third-order valence-corrected chi connectivity index (χ3v) is 5.38. The van der Waals surface area contributed by atoms with Crippen molar-refractivity contribution in [1.29, 1.82) is 0 Å². The van der Waals surface area contributed by atoms with Crippen LogP contribution in [0.4, 0.5) is 0 Å². The molecule has 1 amide bonds. The SMILES string of the molecule is O=C(NCc1cc(C2CC2)n(C2CCCC2)n1)c1ccsc1. The maximum Gasteiger partial charge on any atom is 0.252 e. The smallest absolute Gasteiger partial charge is 0.252 e. The molecule has 0 saturated heterocycles. The fourth-order valence-electron chi connectivity index (χ4n) is 3.34. The zero-order chi connectivity index (χ0) is 14.9. The van der Waals surface area contributed by atoms with E-state index in [1.165, 1.54) is 44.2 Å². The molecule has 2 saturated carbocycles. The monoisotopic (exact) mass is 315 g/mol. The first kappa shape index (κ1) is 14.0. The van der Waals surface area contributed by atoms with Gasteiger partial charge in [0.2, 0.25) is 0 Å². The van der Waals surface area contributed by atoms with E-state index in [1.807, 2.05) is 16.8 Å². The van der Waals surface area contributed by atoms with Crippen molar-refractivity contribution in [3.63, 3.8) is 0 Å². The predicted molar refractivity (Wildman–Crippen MR) is 87.2 cm³/mol. The Kier molecular flexibility index (Phi) is 3.74. The summed E-state index contributed by atoms with van der Waals surface area (Å²) in [7, 11) is 0. The minimum absolute atomic E-state index is 0.00959. The zero-order valence-electron chi connectivity index (χ0n) is 12.6. The lowest BCUT2D eigenvalue weighted by atomic mass is 10.2. The Morgan fingerprint density at radius 2 is 2.14 bits per heavy atom. The standard InChI is InChI=1S/C17H21N3OS/c21-17(13-7-8-22-11-13)18-10-14-9-16(12-5-6-12)20(19-14)15-3-1-2-4-15/h7-9,11-12,15H,1-6,10H2,(H,18,21). The number of rotatable bonds is 5. The second-order valence-electron chi connectivity index (χ2n) is 6.41. The number of nitrogens with one attached hydrogen (secondary N) is 1. The summed E-state index contributed by atoms with van der Waals surface area (Å²) in [4.78, 5) is 12.0. The Bertz CT molecular complexity index is 652. The highest BCUT2D eigenvalue weighted by Crippen LogP contribution is 2.43. The van der Waals surface area contributed by atoms with E-state index in [-0.39, 0.29) is 5.91 Å². The Labute approximate surface area is 134 Å². The molecule has 116 valence electrons. The fraction of sp³-hybridized carbons (Fsp3) is 0.529. The Morgan fingerprint density at radius 3 is 2.82 bits per heavy atom. The molecule has 0 spiro atoms. The van der Waals surface area contributed by atoms with E-state index in [2.05, 4.69) is 16.1 Å². The molecule has 4 rings (SSSR count). The average molecular weight is 315 g/mol. The number of aromatic nitrogens is 2. The van der Waals surface area contributed by atoms with Gasteiger partial charge in [-0.1, -0.05) is 12.8 Å². The molecule has 2 aliphatic carbocycles. The van der Waals surface area contributed by atoms with Gasteiger partial charge in [0, 0.05) is 22.6 Å². The highest BCUT2D eigenvalue weighted by molar-refractivity contribution is 7.08. The first-order valence-corrected chi connectivity index (χ1v) is 9.14. The van der Waals surface area contributed by atoms with Crippen LogP contribution in [0, 0.1) is 0 Å². The van der Waals surface area contributed by atoms with Crippen LogP contribution in [0.5, 0.6) is 0 Å². The molecule has 2 fully saturated rings. The number of carbonyl (C=O) groups excluding carboxylic acids is 1. The number of hydrogen-bond donors (Lipinski definition) is 1. The van der Waals surface area contributed by atoms with Gasteiger partial charge in [0.1, 0.15) is 0 Å². The molecule has 2 aromatic heterocycles. The van der Waals surface area contributed by atoms with E-state index in [1.54, 1.807) is 11.3 Å². The molecule has 0 aliphatic heterocycles. The van der Waals surface area contributed by atoms with Crippen LogP contribution in [0.1, 0.15) is 72.2 Å². The van der Waals surface area contributed by atoms with Crippen molar-refractivity contribution < 1.29 is 4.79 Å². The van der Waals surface area contributed by atoms with Crippen molar-refractivity contribution in [3.05, 3.63) is 39.8 Å². The van der Waals surface area contributed by atoms with Crippen LogP contribution in [0.3, 0.4) is 0 Å². The van der Waals surface area contributed by atoms with E-state index in [9.17, 15) is 4.79 Å². The van der Waals surface area contributed by atoms with E-state index in [4.69, 9.17) is 5.10 Å². The molecule has 2 aromatic rings. The quantitative estimate of drug-likeness (QED) is 0.910. The molecule has 0 radical (unpaired) electrons. The van der Waals surface area contributed by atoms with E-state index >= 15 is 0 Å². The summed E-state index contributed by atoms with van der Waals surface area (Å²) in [5.41, 5.74) is 3.13. The Balaban J connectivity index is 1.47. The maximum absolute atomic E-state index is 12.0. The highest BCUT2D eigenvalue weighted by Gasteiger charge is 2.31. The van der Waals surface area contributed by atoms with Crippen molar-refractivity contribution in [2.24, 2.45) is 0 Å². The van der Waals surface area contributed by atoms with Crippen LogP contribution < -0.4 is 5.32 Å². The van der Waals surface area contributed by atoms with Crippen molar-refractivity contribution in [1.82, 2.24) is 15.1 Å². The molecule has 4 nitrogen and oxygen atoms in total. The highest BCUT2D eigenvalue weighted by atomic mass is 32.1. The second-order valence-corrected chi connectivity index (χ2v) is 7.19. The number of thiophene rings is 1. The third kappa shape index (κ3) is 2.82. The molecule has 1 N–H and O–H groups in total. The lowest BCUT2D eigenvalue weighted by Gasteiger charge is -2.13. The minimum atomic E-state index is -0.00959. The third-order valence-electron chi connectivity index (χ3n) is 4.69. The van der Waals surface area contributed by atoms with Crippen LogP contribution in [0.25, 0.3) is 0 Å². The molecule has 22 heavy (non-hydrogen) atoms. The number of carbonyl (C=O) groups is 1. The van der Waals surface area contributed by atoms with E-state index in [0.29, 0.717) is 18.5 Å². The van der Waals surface area contributed by atoms with Crippen LogP contribution in [-0.4, -0.2) is 15.7 Å². The minimum Gasteiger partial charge on any atom is -0.346 e. The summed E-state index contributed by atoms with van der Waals surface area (Å²) in [5, 5.41) is 11.6. The number of nitrogens with zero attached hydrogens (tertiary/aromatic N) is 2. The molecular formula is C17H21N3OS. The lowest BCUT2D eigenvalue weighted by molar-refractivity contribution is 0.0951. The zero-order valence-corrected chi connectivity index (χ0v) is 13.4. The van der Waals surface area contributed by atoms with Gasteiger partial charge in [-0.3, -0.25) is 9.48 Å². The fourth-order valence-corrected chi connectivity index (χ4v) is 3.98. The van der Waals surface area contributed by atoms with Gasteiger partial charge in [-0.25, -0.2) is 0 Å². The predicted octanol–water partition coefficient (Wildman–Crippen LogP) is 3.87. The van der Waals surface area contributed by atoms with E-state index < -0.39 is 0 Å². The average Bonchev–Trinajstić information content (AvgIpc) is 3.02. The normalized spacial score (nSPS) is 18.7. The van der Waals surface area contributed by atoms with Crippen molar-refractivity contribution in [2.75, 3.05) is 0 Å². The topological polar surface area (TPSA) is 46.9 Å². The summed E-state index contributed by atoms with van der Waals surface area (Å²) in [5.74, 6) is 0.694. The van der Waals surface area contributed by atoms with Gasteiger partial charge < -0.3 is 5.32 Å². The van der Waals surface area contributed by atoms with Crippen LogP contribution >= 0.6 is 11.3 Å². The van der Waals surface area contributed by atoms with Crippen LogP contribution in [-0.2, 0) is 6.54 Å². The van der Waals surface area contributed by atoms with Gasteiger partial charge in [-0.2, -0.15) is 16.4 Å². The molecular weight excluding hydrogens is 294 g/mol. The summed E-state index contributed by atoms with van der Waals surface area (Å²) in [6.45, 7) is 0.522. The van der Waals surface area contributed by atoms with Crippen molar-refractivity contribution >= 4 is 17.2 Å². The maximum atomic E-state index is 12.0. The van der Waals surface area contributed by atoms with Gasteiger partial charge >= 0.3 is 0 Å². The molecule has 0 atom stereocenters. The van der Waals surface area contributed by atoms with Crippen LogP contribution in [0.15, 0.2) is 22.9 Å².